The van der Waals surface area contributed by atoms with Crippen LogP contribution in [0.1, 0.15) is 26.7 Å². The summed E-state index contributed by atoms with van der Waals surface area (Å²) in [5.74, 6) is -3.68. The molecule has 4 unspecified atom stereocenters. The fraction of sp³-hybridized carbons (Fsp3) is 0.609. The van der Waals surface area contributed by atoms with E-state index in [4.69, 9.17) is 4.74 Å². The van der Waals surface area contributed by atoms with Crippen LogP contribution in [0.5, 0.6) is 0 Å². The van der Waals surface area contributed by atoms with Gasteiger partial charge in [0.25, 0.3) is 0 Å². The molecule has 0 radical (unpaired) electrons. The van der Waals surface area contributed by atoms with Crippen LogP contribution in [0, 0.1) is 17.8 Å². The van der Waals surface area contributed by atoms with Gasteiger partial charge in [-0.3, -0.25) is 19.6 Å². The maximum Gasteiger partial charge on any atom is 0.310 e. The fourth-order valence-corrected chi connectivity index (χ4v) is 5.14. The summed E-state index contributed by atoms with van der Waals surface area (Å²) in [6.45, 7) is 6.58. The zero-order valence-electron chi connectivity index (χ0n) is 18.6. The summed E-state index contributed by atoms with van der Waals surface area (Å²) in [6, 6.07) is 10.0. The molecule has 1 saturated carbocycles. The van der Waals surface area contributed by atoms with E-state index < -0.39 is 29.6 Å². The number of nitrogens with zero attached hydrogens (tertiary/aromatic N) is 2. The van der Waals surface area contributed by atoms with E-state index in [-0.39, 0.29) is 17.6 Å². The number of benzene rings is 1. The van der Waals surface area contributed by atoms with Gasteiger partial charge in [-0.05, 0) is 38.8 Å². The average Bonchev–Trinajstić information content (AvgIpc) is 3.56. The van der Waals surface area contributed by atoms with Crippen molar-refractivity contribution in [1.29, 1.82) is 0 Å². The first-order valence-corrected chi connectivity index (χ1v) is 11.3. The van der Waals surface area contributed by atoms with Crippen molar-refractivity contribution in [2.24, 2.45) is 17.8 Å². The number of hydrogen-bond donors (Lipinski definition) is 3. The van der Waals surface area contributed by atoms with Crippen LogP contribution in [0.4, 0.5) is 5.69 Å². The van der Waals surface area contributed by atoms with Gasteiger partial charge in [0, 0.05) is 44.0 Å². The highest BCUT2D eigenvalue weighted by molar-refractivity contribution is 5.92. The van der Waals surface area contributed by atoms with Crippen molar-refractivity contribution >= 4 is 23.5 Å². The van der Waals surface area contributed by atoms with Gasteiger partial charge in [-0.15, -0.1) is 0 Å². The standard InChI is InChI=1S/C23H32N4O5/c1-15(2)32-22(30)18-13-23(14-24-23)12-17(20(28)25-31)19(18)21(29)27-10-8-26(9-11-27)16-6-4-3-5-7-16/h3-7,15,17-19,24,31H,8-14H2,1-2H3,(H,25,28). The Bertz CT molecular complexity index is 849. The zero-order chi connectivity index (χ0) is 22.9. The molecule has 1 aliphatic carbocycles. The number of amides is 2. The Morgan fingerprint density at radius 3 is 2.28 bits per heavy atom. The lowest BCUT2D eigenvalue weighted by molar-refractivity contribution is -0.166. The average molecular weight is 445 g/mol. The second-order valence-electron chi connectivity index (χ2n) is 9.39. The number of rotatable bonds is 5. The molecule has 9 nitrogen and oxygen atoms in total. The zero-order valence-corrected chi connectivity index (χ0v) is 18.6. The smallest absolute Gasteiger partial charge is 0.310 e. The van der Waals surface area contributed by atoms with Gasteiger partial charge >= 0.3 is 5.97 Å². The number of carbonyl (C=O) groups is 3. The maximum atomic E-state index is 13.7. The molecule has 4 atom stereocenters. The van der Waals surface area contributed by atoms with Crippen molar-refractivity contribution in [3.63, 3.8) is 0 Å². The highest BCUT2D eigenvalue weighted by Crippen LogP contribution is 2.46. The molecule has 2 amide bonds. The summed E-state index contributed by atoms with van der Waals surface area (Å²) in [5, 5.41) is 12.6. The number of piperazine rings is 1. The van der Waals surface area contributed by atoms with Crippen LogP contribution in [0.2, 0.25) is 0 Å². The Kier molecular flexibility index (Phi) is 6.39. The molecule has 0 bridgehead atoms. The molecule has 2 heterocycles. The topological polar surface area (TPSA) is 121 Å². The van der Waals surface area contributed by atoms with E-state index in [1.165, 1.54) is 0 Å². The SMILES string of the molecule is CC(C)OC(=O)C1CC2(CN2)CC(C(=O)NO)C1C(=O)N1CCN(c2ccccc2)CC1. The molecule has 3 aliphatic rings. The van der Waals surface area contributed by atoms with Gasteiger partial charge < -0.3 is 19.9 Å². The summed E-state index contributed by atoms with van der Waals surface area (Å²) in [7, 11) is 0. The predicted octanol–water partition coefficient (Wildman–Crippen LogP) is 0.777. The monoisotopic (exact) mass is 444 g/mol. The van der Waals surface area contributed by atoms with Gasteiger partial charge in [-0.25, -0.2) is 5.48 Å². The molecule has 1 aromatic carbocycles. The molecule has 4 rings (SSSR count). The van der Waals surface area contributed by atoms with Crippen molar-refractivity contribution in [3.05, 3.63) is 30.3 Å². The molecule has 32 heavy (non-hydrogen) atoms. The van der Waals surface area contributed by atoms with Gasteiger partial charge in [0.1, 0.15) is 0 Å². The van der Waals surface area contributed by atoms with Gasteiger partial charge in [0.2, 0.25) is 11.8 Å². The molecule has 3 N–H and O–H groups in total. The van der Waals surface area contributed by atoms with E-state index in [2.05, 4.69) is 10.2 Å². The lowest BCUT2D eigenvalue weighted by Gasteiger charge is -2.43. The number of para-hydroxylation sites is 1. The molecular formula is C23H32N4O5. The molecule has 9 heteroatoms. The van der Waals surface area contributed by atoms with Crippen LogP contribution >= 0.6 is 0 Å². The Morgan fingerprint density at radius 1 is 1.09 bits per heavy atom. The van der Waals surface area contributed by atoms with Crippen molar-refractivity contribution in [2.75, 3.05) is 37.6 Å². The van der Waals surface area contributed by atoms with E-state index >= 15 is 0 Å². The number of anilines is 1. The largest absolute Gasteiger partial charge is 0.463 e. The number of esters is 1. The van der Waals surface area contributed by atoms with Crippen LogP contribution in [-0.2, 0) is 19.1 Å². The summed E-state index contributed by atoms with van der Waals surface area (Å²) < 4.78 is 5.48. The van der Waals surface area contributed by atoms with E-state index in [0.717, 1.165) is 5.69 Å². The summed E-state index contributed by atoms with van der Waals surface area (Å²) in [5.41, 5.74) is 2.48. The lowest BCUT2D eigenvalue weighted by Crippen LogP contribution is -2.57. The van der Waals surface area contributed by atoms with Crippen LogP contribution < -0.4 is 15.7 Å². The van der Waals surface area contributed by atoms with E-state index in [1.54, 1.807) is 24.2 Å². The summed E-state index contributed by atoms with van der Waals surface area (Å²) >= 11 is 0. The fourth-order valence-electron chi connectivity index (χ4n) is 5.14. The summed E-state index contributed by atoms with van der Waals surface area (Å²) in [4.78, 5) is 43.2. The van der Waals surface area contributed by atoms with Gasteiger partial charge in [-0.2, -0.15) is 0 Å². The number of hydrogen-bond acceptors (Lipinski definition) is 7. The van der Waals surface area contributed by atoms with Crippen LogP contribution in [-0.4, -0.2) is 72.3 Å². The molecule has 2 saturated heterocycles. The minimum atomic E-state index is -0.857. The van der Waals surface area contributed by atoms with E-state index in [0.29, 0.717) is 45.6 Å². The number of hydroxylamine groups is 1. The first-order valence-electron chi connectivity index (χ1n) is 11.3. The molecule has 1 spiro atoms. The first-order chi connectivity index (χ1) is 15.3. The Hall–Kier alpha value is -2.65. The number of nitrogens with one attached hydrogen (secondary N) is 2. The van der Waals surface area contributed by atoms with Crippen molar-refractivity contribution in [1.82, 2.24) is 15.7 Å². The molecule has 174 valence electrons. The van der Waals surface area contributed by atoms with Crippen LogP contribution in [0.3, 0.4) is 0 Å². The quantitative estimate of drug-likeness (QED) is 0.266. The normalized spacial score (nSPS) is 29.7. The lowest BCUT2D eigenvalue weighted by atomic mass is 9.66. The van der Waals surface area contributed by atoms with E-state index in [1.807, 2.05) is 30.3 Å². The van der Waals surface area contributed by atoms with Crippen molar-refractivity contribution in [3.8, 4) is 0 Å². The Balaban J connectivity index is 1.53. The van der Waals surface area contributed by atoms with Crippen LogP contribution in [0.25, 0.3) is 0 Å². The highest BCUT2D eigenvalue weighted by atomic mass is 16.5. The predicted molar refractivity (Wildman–Crippen MR) is 117 cm³/mol. The van der Waals surface area contributed by atoms with Gasteiger partial charge in [-0.1, -0.05) is 18.2 Å². The van der Waals surface area contributed by atoms with Gasteiger partial charge in [0.15, 0.2) is 0 Å². The summed E-state index contributed by atoms with van der Waals surface area (Å²) in [6.07, 6.45) is 0.544. The number of ether oxygens (including phenoxy) is 1. The maximum absolute atomic E-state index is 13.7. The van der Waals surface area contributed by atoms with Crippen molar-refractivity contribution in [2.45, 2.75) is 38.3 Å². The minimum absolute atomic E-state index is 0.215. The third kappa shape index (κ3) is 4.59. The van der Waals surface area contributed by atoms with Crippen LogP contribution in [0.15, 0.2) is 30.3 Å². The highest BCUT2D eigenvalue weighted by Gasteiger charge is 2.59. The molecule has 2 aliphatic heterocycles. The van der Waals surface area contributed by atoms with E-state index in [9.17, 15) is 19.6 Å². The third-order valence-electron chi connectivity index (χ3n) is 6.86. The van der Waals surface area contributed by atoms with Gasteiger partial charge in [0.05, 0.1) is 23.9 Å². The molecule has 3 fully saturated rings. The Labute approximate surface area is 188 Å². The number of carbonyl (C=O) groups excluding carboxylic acids is 3. The molecular weight excluding hydrogens is 412 g/mol. The Morgan fingerprint density at radius 2 is 1.72 bits per heavy atom. The molecule has 1 aromatic rings. The first kappa shape index (κ1) is 22.5. The second kappa shape index (κ2) is 9.07. The minimum Gasteiger partial charge on any atom is -0.463 e. The second-order valence-corrected chi connectivity index (χ2v) is 9.39. The van der Waals surface area contributed by atoms with Crippen molar-refractivity contribution < 1.29 is 24.3 Å². The third-order valence-corrected chi connectivity index (χ3v) is 6.86. The molecule has 0 aromatic heterocycles.